The molecule has 0 atom stereocenters. The van der Waals surface area contributed by atoms with Crippen LogP contribution in [0.5, 0.6) is 0 Å². The van der Waals surface area contributed by atoms with Crippen LogP contribution in [0.4, 0.5) is 5.69 Å². The van der Waals surface area contributed by atoms with E-state index in [0.717, 1.165) is 0 Å². The Morgan fingerprint density at radius 3 is 2.43 bits per heavy atom. The van der Waals surface area contributed by atoms with Crippen molar-refractivity contribution >= 4 is 61.2 Å². The zero-order valence-corrected chi connectivity index (χ0v) is 17.6. The normalized spacial score (nSPS) is 15.2. The third kappa shape index (κ3) is 3.55. The van der Waals surface area contributed by atoms with Crippen LogP contribution >= 0.6 is 34.8 Å². The number of benzene rings is 2. The summed E-state index contributed by atoms with van der Waals surface area (Å²) in [5.74, 6) is 0. The number of pyridine rings is 1. The molecule has 1 fully saturated rings. The highest BCUT2D eigenvalue weighted by molar-refractivity contribution is 7.91. The van der Waals surface area contributed by atoms with Gasteiger partial charge in [0.15, 0.2) is 0 Å². The first kappa shape index (κ1) is 19.7. The molecule has 5 nitrogen and oxygen atoms in total. The molecule has 28 heavy (non-hydrogen) atoms. The van der Waals surface area contributed by atoms with Crippen molar-refractivity contribution in [3.8, 4) is 0 Å². The predicted molar refractivity (Wildman–Crippen MR) is 112 cm³/mol. The van der Waals surface area contributed by atoms with Crippen LogP contribution in [-0.2, 0) is 14.6 Å². The molecule has 1 aliphatic rings. The van der Waals surface area contributed by atoms with Crippen molar-refractivity contribution in [2.24, 2.45) is 0 Å². The maximum Gasteiger partial charge on any atom is 0.210 e. The molecule has 4 rings (SSSR count). The molecule has 0 N–H and O–H groups in total. The highest BCUT2D eigenvalue weighted by atomic mass is 35.5. The van der Waals surface area contributed by atoms with Gasteiger partial charge < -0.3 is 9.64 Å². The molecule has 0 saturated carbocycles. The molecule has 0 spiro atoms. The van der Waals surface area contributed by atoms with Crippen LogP contribution in [0.1, 0.15) is 0 Å². The van der Waals surface area contributed by atoms with Gasteiger partial charge >= 0.3 is 0 Å². The highest BCUT2D eigenvalue weighted by Gasteiger charge is 2.28. The monoisotopic (exact) mass is 456 g/mol. The van der Waals surface area contributed by atoms with Gasteiger partial charge in [-0.25, -0.2) is 8.42 Å². The lowest BCUT2D eigenvalue weighted by Crippen LogP contribution is -2.37. The van der Waals surface area contributed by atoms with Gasteiger partial charge in [0.2, 0.25) is 9.84 Å². The van der Waals surface area contributed by atoms with Crippen molar-refractivity contribution in [1.29, 1.82) is 0 Å². The van der Waals surface area contributed by atoms with E-state index in [1.807, 2.05) is 4.90 Å². The molecule has 9 heteroatoms. The van der Waals surface area contributed by atoms with Crippen LogP contribution in [0, 0.1) is 0 Å². The zero-order valence-electron chi connectivity index (χ0n) is 14.5. The Kier molecular flexibility index (Phi) is 5.42. The molecule has 0 aliphatic carbocycles. The fraction of sp³-hybridized carbons (Fsp3) is 0.211. The minimum absolute atomic E-state index is 0.0552. The van der Waals surface area contributed by atoms with Crippen LogP contribution in [0.2, 0.25) is 15.1 Å². The molecule has 146 valence electrons. The summed E-state index contributed by atoms with van der Waals surface area (Å²) >= 11 is 18.2. The van der Waals surface area contributed by atoms with Gasteiger partial charge in [-0.1, -0.05) is 34.8 Å². The van der Waals surface area contributed by atoms with Crippen molar-refractivity contribution in [1.82, 2.24) is 4.98 Å². The largest absolute Gasteiger partial charge is 0.378 e. The average molecular weight is 458 g/mol. The molecule has 0 bridgehead atoms. The lowest BCUT2D eigenvalue weighted by molar-refractivity contribution is 0.122. The van der Waals surface area contributed by atoms with Gasteiger partial charge in [-0.3, -0.25) is 4.98 Å². The number of rotatable bonds is 3. The van der Waals surface area contributed by atoms with E-state index in [4.69, 9.17) is 39.5 Å². The second-order valence-corrected chi connectivity index (χ2v) is 9.48. The van der Waals surface area contributed by atoms with E-state index in [0.29, 0.717) is 47.9 Å². The number of fused-ring (bicyclic) bond motifs is 1. The summed E-state index contributed by atoms with van der Waals surface area (Å²) in [5, 5.41) is 1.65. The number of halogens is 3. The molecule has 1 aliphatic heterocycles. The van der Waals surface area contributed by atoms with Crippen LogP contribution < -0.4 is 4.90 Å². The Labute approximate surface area is 177 Å². The molecular weight excluding hydrogens is 443 g/mol. The second-order valence-electron chi connectivity index (χ2n) is 6.31. The molecule has 0 unspecified atom stereocenters. The Morgan fingerprint density at radius 2 is 1.71 bits per heavy atom. The van der Waals surface area contributed by atoms with E-state index in [9.17, 15) is 8.42 Å². The van der Waals surface area contributed by atoms with Gasteiger partial charge in [0.1, 0.15) is 4.90 Å². The van der Waals surface area contributed by atoms with Crippen LogP contribution in [0.15, 0.2) is 52.4 Å². The topological polar surface area (TPSA) is 59.5 Å². The summed E-state index contributed by atoms with van der Waals surface area (Å²) in [6.45, 7) is 2.15. The average Bonchev–Trinajstić information content (AvgIpc) is 2.69. The van der Waals surface area contributed by atoms with Gasteiger partial charge in [0, 0.05) is 29.7 Å². The summed E-state index contributed by atoms with van der Waals surface area (Å²) < 4.78 is 32.3. The fourth-order valence-electron chi connectivity index (χ4n) is 3.21. The summed E-state index contributed by atoms with van der Waals surface area (Å²) in [7, 11) is -3.89. The Morgan fingerprint density at radius 1 is 0.964 bits per heavy atom. The maximum atomic E-state index is 13.5. The van der Waals surface area contributed by atoms with Crippen molar-refractivity contribution in [2.45, 2.75) is 9.79 Å². The molecule has 3 aromatic rings. The van der Waals surface area contributed by atoms with Crippen molar-refractivity contribution < 1.29 is 13.2 Å². The Balaban J connectivity index is 1.98. The standard InChI is InChI=1S/C19H15Cl3N2O3S/c20-12-1-4-17-14(9-12)19(24-5-7-27-8-6-24)18(11-23-17)28(25,26)13-2-3-15(21)16(22)10-13/h1-4,9-11H,5-8H2. The van der Waals surface area contributed by atoms with Gasteiger partial charge in [-0.15, -0.1) is 0 Å². The molecular formula is C19H15Cl3N2O3S. The van der Waals surface area contributed by atoms with Crippen LogP contribution in [-0.4, -0.2) is 39.7 Å². The first-order valence-electron chi connectivity index (χ1n) is 8.49. The van der Waals surface area contributed by atoms with E-state index >= 15 is 0 Å². The molecule has 2 aromatic carbocycles. The third-order valence-electron chi connectivity index (χ3n) is 4.59. The Bertz CT molecular complexity index is 1160. The minimum Gasteiger partial charge on any atom is -0.378 e. The highest BCUT2D eigenvalue weighted by Crippen LogP contribution is 2.38. The Hall–Kier alpha value is -1.57. The summed E-state index contributed by atoms with van der Waals surface area (Å²) in [6.07, 6.45) is 1.39. The van der Waals surface area contributed by atoms with Crippen molar-refractivity contribution in [2.75, 3.05) is 31.2 Å². The summed E-state index contributed by atoms with van der Waals surface area (Å²) in [6, 6.07) is 9.50. The smallest absolute Gasteiger partial charge is 0.210 e. The number of anilines is 1. The first-order valence-corrected chi connectivity index (χ1v) is 11.1. The lowest BCUT2D eigenvalue weighted by Gasteiger charge is -2.31. The van der Waals surface area contributed by atoms with Crippen molar-refractivity contribution in [3.05, 3.63) is 57.7 Å². The van der Waals surface area contributed by atoms with Gasteiger partial charge in [0.05, 0.1) is 39.4 Å². The molecule has 1 saturated heterocycles. The number of nitrogens with zero attached hydrogens (tertiary/aromatic N) is 2. The number of aromatic nitrogens is 1. The molecule has 2 heterocycles. The molecule has 0 amide bonds. The minimum atomic E-state index is -3.89. The van der Waals surface area contributed by atoms with E-state index in [-0.39, 0.29) is 19.8 Å². The summed E-state index contributed by atoms with van der Waals surface area (Å²) in [5.41, 5.74) is 1.24. The van der Waals surface area contributed by atoms with Crippen LogP contribution in [0.3, 0.4) is 0 Å². The van der Waals surface area contributed by atoms with E-state index in [1.54, 1.807) is 18.2 Å². The number of hydrogen-bond donors (Lipinski definition) is 0. The van der Waals surface area contributed by atoms with E-state index < -0.39 is 9.84 Å². The predicted octanol–water partition coefficient (Wildman–Crippen LogP) is 4.86. The van der Waals surface area contributed by atoms with Gasteiger partial charge in [0.25, 0.3) is 0 Å². The second kappa shape index (κ2) is 7.69. The lowest BCUT2D eigenvalue weighted by atomic mass is 10.1. The van der Waals surface area contributed by atoms with E-state index in [1.165, 1.54) is 24.4 Å². The van der Waals surface area contributed by atoms with Gasteiger partial charge in [-0.05, 0) is 36.4 Å². The number of ether oxygens (including phenoxy) is 1. The first-order chi connectivity index (χ1) is 13.4. The quantitative estimate of drug-likeness (QED) is 0.562. The third-order valence-corrected chi connectivity index (χ3v) is 7.31. The molecule has 1 aromatic heterocycles. The van der Waals surface area contributed by atoms with Gasteiger partial charge in [-0.2, -0.15) is 0 Å². The molecule has 0 radical (unpaired) electrons. The van der Waals surface area contributed by atoms with Crippen molar-refractivity contribution in [3.63, 3.8) is 0 Å². The summed E-state index contributed by atoms with van der Waals surface area (Å²) in [4.78, 5) is 6.50. The SMILES string of the molecule is O=S(=O)(c1ccc(Cl)c(Cl)c1)c1cnc2ccc(Cl)cc2c1N1CCOCC1. The number of morpholine rings is 1. The van der Waals surface area contributed by atoms with E-state index in [2.05, 4.69) is 4.98 Å². The number of sulfone groups is 1. The fourth-order valence-corrected chi connectivity index (χ4v) is 5.21. The zero-order chi connectivity index (χ0) is 19.9. The van der Waals surface area contributed by atoms with Crippen LogP contribution in [0.25, 0.3) is 10.9 Å². The number of hydrogen-bond acceptors (Lipinski definition) is 5. The maximum absolute atomic E-state index is 13.5.